The van der Waals surface area contributed by atoms with E-state index in [9.17, 15) is 13.5 Å². The molecule has 0 amide bonds. The first-order valence-electron chi connectivity index (χ1n) is 7.07. The zero-order chi connectivity index (χ0) is 15.6. The standard InChI is InChI=1S/C14H22N2O4S/c1-4-16(13-5-7-14(17)8-6-13)21(18,19)15-9-11(2)20-12(3)10-15/h5-8,11-12,17H,4,9-10H2,1-3H3/t11-,12+. The van der Waals surface area contributed by atoms with Gasteiger partial charge in [-0.05, 0) is 45.0 Å². The van der Waals surface area contributed by atoms with Crippen molar-refractivity contribution in [1.82, 2.24) is 4.31 Å². The molecule has 0 radical (unpaired) electrons. The van der Waals surface area contributed by atoms with Crippen LogP contribution >= 0.6 is 0 Å². The number of hydrogen-bond acceptors (Lipinski definition) is 4. The maximum absolute atomic E-state index is 12.8. The van der Waals surface area contributed by atoms with E-state index < -0.39 is 10.2 Å². The molecule has 0 aliphatic carbocycles. The van der Waals surface area contributed by atoms with Crippen molar-refractivity contribution in [1.29, 1.82) is 0 Å². The van der Waals surface area contributed by atoms with Crippen LogP contribution in [0.1, 0.15) is 20.8 Å². The lowest BCUT2D eigenvalue weighted by Crippen LogP contribution is -2.53. The molecule has 2 rings (SSSR count). The first-order chi connectivity index (χ1) is 9.84. The molecule has 0 unspecified atom stereocenters. The summed E-state index contributed by atoms with van der Waals surface area (Å²) < 4.78 is 34.0. The summed E-state index contributed by atoms with van der Waals surface area (Å²) in [7, 11) is -3.60. The van der Waals surface area contributed by atoms with Crippen LogP contribution in [0.2, 0.25) is 0 Å². The average molecular weight is 314 g/mol. The molecule has 1 aliphatic heterocycles. The number of nitrogens with zero attached hydrogens (tertiary/aromatic N) is 2. The van der Waals surface area contributed by atoms with Crippen molar-refractivity contribution >= 4 is 15.9 Å². The minimum Gasteiger partial charge on any atom is -0.508 e. The lowest BCUT2D eigenvalue weighted by molar-refractivity contribution is -0.0441. The zero-order valence-corrected chi connectivity index (χ0v) is 13.4. The molecular formula is C14H22N2O4S. The van der Waals surface area contributed by atoms with Gasteiger partial charge < -0.3 is 9.84 Å². The fraction of sp³-hybridized carbons (Fsp3) is 0.571. The van der Waals surface area contributed by atoms with Gasteiger partial charge in [0.1, 0.15) is 5.75 Å². The third kappa shape index (κ3) is 3.48. The molecule has 2 atom stereocenters. The van der Waals surface area contributed by atoms with Gasteiger partial charge in [0.05, 0.1) is 17.9 Å². The monoisotopic (exact) mass is 314 g/mol. The topological polar surface area (TPSA) is 70.1 Å². The van der Waals surface area contributed by atoms with E-state index in [0.29, 0.717) is 25.3 Å². The minimum atomic E-state index is -3.60. The van der Waals surface area contributed by atoms with Gasteiger partial charge >= 0.3 is 10.2 Å². The highest BCUT2D eigenvalue weighted by Gasteiger charge is 2.34. The molecule has 0 aromatic heterocycles. The van der Waals surface area contributed by atoms with Crippen LogP contribution < -0.4 is 4.31 Å². The Morgan fingerprint density at radius 2 is 1.76 bits per heavy atom. The number of anilines is 1. The second-order valence-corrected chi connectivity index (χ2v) is 7.12. The summed E-state index contributed by atoms with van der Waals surface area (Å²) in [5, 5.41) is 9.34. The van der Waals surface area contributed by atoms with Crippen molar-refractivity contribution < 1.29 is 18.3 Å². The number of ether oxygens (including phenoxy) is 1. The van der Waals surface area contributed by atoms with Crippen LogP contribution in [0.3, 0.4) is 0 Å². The van der Waals surface area contributed by atoms with E-state index in [0.717, 1.165) is 0 Å². The Kier molecular flexibility index (Phi) is 4.75. The Morgan fingerprint density at radius 3 is 2.24 bits per heavy atom. The average Bonchev–Trinajstić information content (AvgIpc) is 2.40. The summed E-state index contributed by atoms with van der Waals surface area (Å²) in [5.74, 6) is 0.112. The van der Waals surface area contributed by atoms with Crippen molar-refractivity contribution in [3.8, 4) is 5.75 Å². The van der Waals surface area contributed by atoms with E-state index in [1.165, 1.54) is 20.7 Å². The Labute approximate surface area is 126 Å². The lowest BCUT2D eigenvalue weighted by Gasteiger charge is -2.37. The van der Waals surface area contributed by atoms with Gasteiger partial charge in [-0.1, -0.05) is 0 Å². The predicted molar refractivity (Wildman–Crippen MR) is 81.6 cm³/mol. The summed E-state index contributed by atoms with van der Waals surface area (Å²) in [5.41, 5.74) is 0.544. The van der Waals surface area contributed by atoms with Crippen LogP contribution in [-0.2, 0) is 14.9 Å². The van der Waals surface area contributed by atoms with Gasteiger partial charge in [0.2, 0.25) is 0 Å². The van der Waals surface area contributed by atoms with Crippen LogP contribution in [0.15, 0.2) is 24.3 Å². The van der Waals surface area contributed by atoms with Crippen molar-refractivity contribution in [3.05, 3.63) is 24.3 Å². The van der Waals surface area contributed by atoms with Gasteiger partial charge in [-0.3, -0.25) is 4.31 Å². The molecule has 1 fully saturated rings. The molecule has 0 saturated carbocycles. The van der Waals surface area contributed by atoms with Gasteiger partial charge in [0, 0.05) is 19.6 Å². The molecule has 6 nitrogen and oxygen atoms in total. The molecule has 0 bridgehead atoms. The summed E-state index contributed by atoms with van der Waals surface area (Å²) in [6, 6.07) is 6.17. The second-order valence-electron chi connectivity index (χ2n) is 5.26. The van der Waals surface area contributed by atoms with E-state index in [1.54, 1.807) is 19.1 Å². The van der Waals surface area contributed by atoms with Gasteiger partial charge in [-0.25, -0.2) is 0 Å². The predicted octanol–water partition coefficient (Wildman–Crippen LogP) is 1.57. The summed E-state index contributed by atoms with van der Waals surface area (Å²) in [4.78, 5) is 0. The number of morpholine rings is 1. The van der Waals surface area contributed by atoms with Crippen LogP contribution in [0.4, 0.5) is 5.69 Å². The molecule has 118 valence electrons. The highest BCUT2D eigenvalue weighted by atomic mass is 32.2. The normalized spacial score (nSPS) is 24.0. The number of phenols is 1. The van der Waals surface area contributed by atoms with E-state index in [-0.39, 0.29) is 18.0 Å². The van der Waals surface area contributed by atoms with Gasteiger partial charge in [-0.2, -0.15) is 12.7 Å². The third-order valence-corrected chi connectivity index (χ3v) is 5.39. The quantitative estimate of drug-likeness (QED) is 0.916. The molecule has 1 saturated heterocycles. The maximum Gasteiger partial charge on any atom is 0.304 e. The smallest absolute Gasteiger partial charge is 0.304 e. The highest BCUT2D eigenvalue weighted by Crippen LogP contribution is 2.24. The van der Waals surface area contributed by atoms with Gasteiger partial charge in [-0.15, -0.1) is 0 Å². The van der Waals surface area contributed by atoms with Gasteiger partial charge in [0.15, 0.2) is 0 Å². The van der Waals surface area contributed by atoms with Crippen LogP contribution in [-0.4, -0.2) is 49.7 Å². The Balaban J connectivity index is 2.29. The van der Waals surface area contributed by atoms with E-state index in [1.807, 2.05) is 13.8 Å². The van der Waals surface area contributed by atoms with Gasteiger partial charge in [0.25, 0.3) is 0 Å². The molecule has 1 aliphatic rings. The Hall–Kier alpha value is -1.31. The van der Waals surface area contributed by atoms with E-state index in [4.69, 9.17) is 4.74 Å². The zero-order valence-electron chi connectivity index (χ0n) is 12.6. The van der Waals surface area contributed by atoms with Crippen LogP contribution in [0.5, 0.6) is 5.75 Å². The Bertz CT molecular complexity index is 563. The van der Waals surface area contributed by atoms with Crippen LogP contribution in [0, 0.1) is 0 Å². The highest BCUT2D eigenvalue weighted by molar-refractivity contribution is 7.90. The number of aromatic hydroxyl groups is 1. The number of phenolic OH excluding ortho intramolecular Hbond substituents is 1. The third-order valence-electron chi connectivity index (χ3n) is 3.42. The first-order valence-corrected chi connectivity index (χ1v) is 8.46. The van der Waals surface area contributed by atoms with Crippen LogP contribution in [0.25, 0.3) is 0 Å². The lowest BCUT2D eigenvalue weighted by atomic mass is 10.3. The van der Waals surface area contributed by atoms with E-state index in [2.05, 4.69) is 0 Å². The van der Waals surface area contributed by atoms with Crippen molar-refractivity contribution in [2.24, 2.45) is 0 Å². The molecule has 0 spiro atoms. The summed E-state index contributed by atoms with van der Waals surface area (Å²) in [6.07, 6.45) is -0.246. The largest absolute Gasteiger partial charge is 0.508 e. The summed E-state index contributed by atoms with van der Waals surface area (Å²) >= 11 is 0. The van der Waals surface area contributed by atoms with Crippen molar-refractivity contribution in [2.75, 3.05) is 23.9 Å². The summed E-state index contributed by atoms with van der Waals surface area (Å²) in [6.45, 7) is 6.55. The maximum atomic E-state index is 12.8. The molecule has 1 N–H and O–H groups in total. The second kappa shape index (κ2) is 6.21. The number of hydrogen-bond donors (Lipinski definition) is 1. The first kappa shape index (κ1) is 16.1. The minimum absolute atomic E-state index is 0.112. The number of benzene rings is 1. The SMILES string of the molecule is CCN(c1ccc(O)cc1)S(=O)(=O)N1C[C@@H](C)O[C@@H](C)C1. The molecule has 1 aromatic rings. The number of rotatable bonds is 4. The molecule has 21 heavy (non-hydrogen) atoms. The molecule has 1 aromatic carbocycles. The molecule has 1 heterocycles. The fourth-order valence-electron chi connectivity index (χ4n) is 2.56. The molecule has 7 heteroatoms. The van der Waals surface area contributed by atoms with Crippen molar-refractivity contribution in [3.63, 3.8) is 0 Å². The fourth-order valence-corrected chi connectivity index (χ4v) is 4.35. The molecular weight excluding hydrogens is 292 g/mol. The Morgan fingerprint density at radius 1 is 1.24 bits per heavy atom. The van der Waals surface area contributed by atoms with E-state index >= 15 is 0 Å². The van der Waals surface area contributed by atoms with Crippen molar-refractivity contribution in [2.45, 2.75) is 33.0 Å².